The molecule has 107 valence electrons. The zero-order valence-corrected chi connectivity index (χ0v) is 10.9. The first-order chi connectivity index (χ1) is 9.96. The minimum absolute atomic E-state index is 0.383. The van der Waals surface area contributed by atoms with Crippen molar-refractivity contribution in [3.05, 3.63) is 54.1 Å². The molecule has 5 heteroatoms. The molecule has 0 saturated heterocycles. The maximum atomic E-state index is 12.8. The molecule has 1 N–H and O–H groups in total. The molecule has 1 unspecified atom stereocenters. The van der Waals surface area contributed by atoms with Crippen LogP contribution in [0.25, 0.3) is 11.1 Å². The van der Waals surface area contributed by atoms with Gasteiger partial charge in [-0.15, -0.1) is 0 Å². The molecule has 0 fully saturated rings. The quantitative estimate of drug-likeness (QED) is 0.840. The van der Waals surface area contributed by atoms with Crippen LogP contribution in [0.3, 0.4) is 0 Å². The number of amides is 1. The largest absolute Gasteiger partial charge is 0.390 e. The van der Waals surface area contributed by atoms with E-state index in [9.17, 15) is 18.0 Å². The molecule has 0 bridgehead atoms. The van der Waals surface area contributed by atoms with Crippen molar-refractivity contribution >= 4 is 11.6 Å². The number of halogens is 3. The van der Waals surface area contributed by atoms with Gasteiger partial charge in [0.25, 0.3) is 0 Å². The van der Waals surface area contributed by atoms with Crippen molar-refractivity contribution in [2.75, 3.05) is 5.32 Å². The van der Waals surface area contributed by atoms with Gasteiger partial charge in [-0.1, -0.05) is 36.4 Å². The van der Waals surface area contributed by atoms with Crippen molar-refractivity contribution < 1.29 is 18.0 Å². The Hall–Kier alpha value is -2.30. The van der Waals surface area contributed by atoms with Gasteiger partial charge >= 0.3 is 6.18 Å². The van der Waals surface area contributed by atoms with E-state index in [2.05, 4.69) is 11.4 Å². The lowest BCUT2D eigenvalue weighted by Gasteiger charge is -2.17. The van der Waals surface area contributed by atoms with Crippen LogP contribution in [0.15, 0.2) is 42.5 Å². The van der Waals surface area contributed by atoms with Gasteiger partial charge in [0.1, 0.15) is 0 Å². The molecule has 3 rings (SSSR count). The molecule has 21 heavy (non-hydrogen) atoms. The number of carbonyl (C=O) groups is 1. The normalized spacial score (nSPS) is 17.5. The molecular weight excluding hydrogens is 279 g/mol. The topological polar surface area (TPSA) is 29.1 Å². The fourth-order valence-electron chi connectivity index (χ4n) is 2.59. The molecular formula is C16H11F3NO. The Morgan fingerprint density at radius 1 is 1.14 bits per heavy atom. The van der Waals surface area contributed by atoms with Gasteiger partial charge in [0, 0.05) is 11.3 Å². The van der Waals surface area contributed by atoms with Crippen LogP contribution >= 0.6 is 0 Å². The van der Waals surface area contributed by atoms with Gasteiger partial charge in [-0.05, 0) is 23.3 Å². The van der Waals surface area contributed by atoms with E-state index in [1.54, 1.807) is 42.5 Å². The molecule has 0 spiro atoms. The summed E-state index contributed by atoms with van der Waals surface area (Å²) in [5.41, 5.74) is 2.10. The van der Waals surface area contributed by atoms with Crippen molar-refractivity contribution in [2.45, 2.75) is 18.5 Å². The zero-order chi connectivity index (χ0) is 15.0. The minimum atomic E-state index is -4.41. The van der Waals surface area contributed by atoms with E-state index in [0.717, 1.165) is 0 Å². The van der Waals surface area contributed by atoms with Crippen molar-refractivity contribution in [3.63, 3.8) is 0 Å². The predicted octanol–water partition coefficient (Wildman–Crippen LogP) is 4.14. The molecule has 2 aromatic rings. The maximum absolute atomic E-state index is 12.8. The van der Waals surface area contributed by atoms with Gasteiger partial charge in [0.15, 0.2) is 0 Å². The third-order valence-corrected chi connectivity index (χ3v) is 3.47. The predicted molar refractivity (Wildman–Crippen MR) is 72.8 cm³/mol. The summed E-state index contributed by atoms with van der Waals surface area (Å²) in [7, 11) is 0. The first kappa shape index (κ1) is 13.7. The number of anilines is 1. The van der Waals surface area contributed by atoms with Crippen LogP contribution < -0.4 is 5.32 Å². The molecule has 1 heterocycles. The lowest BCUT2D eigenvalue weighted by Crippen LogP contribution is -2.25. The molecule has 1 radical (unpaired) electrons. The number of rotatable bonds is 1. The summed E-state index contributed by atoms with van der Waals surface area (Å²) in [4.78, 5) is 12.2. The number of alkyl halides is 3. The number of carbonyl (C=O) groups excluding carboxylic acids is 1. The lowest BCUT2D eigenvalue weighted by molar-refractivity contribution is -0.145. The number of fused-ring (bicyclic) bond motifs is 3. The van der Waals surface area contributed by atoms with Gasteiger partial charge < -0.3 is 5.32 Å². The molecule has 0 aromatic heterocycles. The second-order valence-electron chi connectivity index (χ2n) is 4.91. The second-order valence-corrected chi connectivity index (χ2v) is 4.91. The van der Waals surface area contributed by atoms with Gasteiger partial charge in [0.2, 0.25) is 5.91 Å². The summed E-state index contributed by atoms with van der Waals surface area (Å²) in [6.45, 7) is 0. The zero-order valence-electron chi connectivity index (χ0n) is 10.9. The van der Waals surface area contributed by atoms with E-state index in [1.165, 1.54) is 0 Å². The molecule has 1 amide bonds. The number of hydrogen-bond acceptors (Lipinski definition) is 1. The highest BCUT2D eigenvalue weighted by molar-refractivity contribution is 6.03. The third kappa shape index (κ3) is 2.63. The Bertz CT molecular complexity index is 694. The Balaban J connectivity index is 2.18. The van der Waals surface area contributed by atoms with Crippen molar-refractivity contribution in [3.8, 4) is 11.1 Å². The standard InChI is InChI=1S/C16H11F3NO/c17-16(18,19)9-13-11-6-2-1-5-10(11)12-7-3-4-8-14(12)20-15(13)21/h1-6,8,13H,9H2,(H,20,21). The molecule has 0 aliphatic carbocycles. The minimum Gasteiger partial charge on any atom is -0.325 e. The summed E-state index contributed by atoms with van der Waals surface area (Å²) in [5.74, 6) is -1.89. The third-order valence-electron chi connectivity index (χ3n) is 3.47. The molecule has 1 aliphatic heterocycles. The SMILES string of the molecule is O=C1Nc2ccc[c]c2-c2ccccc2C1CC(F)(F)F. The van der Waals surface area contributed by atoms with Crippen LogP contribution in [0, 0.1) is 6.07 Å². The molecule has 0 saturated carbocycles. The first-order valence-corrected chi connectivity index (χ1v) is 6.43. The van der Waals surface area contributed by atoms with Gasteiger partial charge in [0.05, 0.1) is 12.3 Å². The highest BCUT2D eigenvalue weighted by Crippen LogP contribution is 2.41. The van der Waals surface area contributed by atoms with Gasteiger partial charge in [-0.25, -0.2) is 0 Å². The van der Waals surface area contributed by atoms with E-state index in [0.29, 0.717) is 22.4 Å². The van der Waals surface area contributed by atoms with Crippen LogP contribution in [0.4, 0.5) is 18.9 Å². The molecule has 2 nitrogen and oxygen atoms in total. The van der Waals surface area contributed by atoms with Crippen LogP contribution in [-0.2, 0) is 4.79 Å². The number of hydrogen-bond donors (Lipinski definition) is 1. The summed E-state index contributed by atoms with van der Waals surface area (Å²) in [6, 6.07) is 14.7. The van der Waals surface area contributed by atoms with Gasteiger partial charge in [-0.2, -0.15) is 13.2 Å². The van der Waals surface area contributed by atoms with E-state index in [-0.39, 0.29) is 0 Å². The fraction of sp³-hybridized carbons (Fsp3) is 0.188. The van der Waals surface area contributed by atoms with E-state index >= 15 is 0 Å². The molecule has 2 aromatic carbocycles. The smallest absolute Gasteiger partial charge is 0.325 e. The number of benzene rings is 2. The van der Waals surface area contributed by atoms with Crippen LogP contribution in [-0.4, -0.2) is 12.1 Å². The highest BCUT2D eigenvalue weighted by atomic mass is 19.4. The van der Waals surface area contributed by atoms with Crippen LogP contribution in [0.1, 0.15) is 17.9 Å². The Kier molecular flexibility index (Phi) is 3.20. The highest BCUT2D eigenvalue weighted by Gasteiger charge is 2.38. The Morgan fingerprint density at radius 2 is 1.90 bits per heavy atom. The van der Waals surface area contributed by atoms with Crippen molar-refractivity contribution in [2.24, 2.45) is 0 Å². The Morgan fingerprint density at radius 3 is 2.67 bits per heavy atom. The number of nitrogens with one attached hydrogen (secondary N) is 1. The summed E-state index contributed by atoms with van der Waals surface area (Å²) in [5, 5.41) is 2.57. The second kappa shape index (κ2) is 4.91. The average molecular weight is 290 g/mol. The first-order valence-electron chi connectivity index (χ1n) is 6.43. The summed E-state index contributed by atoms with van der Waals surface area (Å²) < 4.78 is 38.3. The van der Waals surface area contributed by atoms with E-state index < -0.39 is 24.4 Å². The van der Waals surface area contributed by atoms with Crippen molar-refractivity contribution in [1.29, 1.82) is 0 Å². The fourth-order valence-corrected chi connectivity index (χ4v) is 2.59. The lowest BCUT2D eigenvalue weighted by atomic mass is 9.89. The molecule has 1 aliphatic rings. The van der Waals surface area contributed by atoms with Crippen LogP contribution in [0.5, 0.6) is 0 Å². The van der Waals surface area contributed by atoms with E-state index in [1.807, 2.05) is 0 Å². The van der Waals surface area contributed by atoms with E-state index in [4.69, 9.17) is 0 Å². The Labute approximate surface area is 119 Å². The summed E-state index contributed by atoms with van der Waals surface area (Å²) >= 11 is 0. The monoisotopic (exact) mass is 290 g/mol. The van der Waals surface area contributed by atoms with Gasteiger partial charge in [-0.3, -0.25) is 4.79 Å². The maximum Gasteiger partial charge on any atom is 0.390 e. The molecule has 1 atom stereocenters. The van der Waals surface area contributed by atoms with Crippen LogP contribution in [0.2, 0.25) is 0 Å². The van der Waals surface area contributed by atoms with Crippen molar-refractivity contribution in [1.82, 2.24) is 0 Å². The summed E-state index contributed by atoms with van der Waals surface area (Å²) in [6.07, 6.45) is -5.58. The average Bonchev–Trinajstić information content (AvgIpc) is 2.54.